The average molecular weight is 279 g/mol. The van der Waals surface area contributed by atoms with Crippen LogP contribution in [0.2, 0.25) is 0 Å². The van der Waals surface area contributed by atoms with Crippen molar-refractivity contribution in [3.05, 3.63) is 0 Å². The number of sulfonamides is 1. The largest absolute Gasteiger partial charge is 0.317 e. The van der Waals surface area contributed by atoms with Crippen molar-refractivity contribution in [2.45, 2.75) is 33.1 Å². The van der Waals surface area contributed by atoms with E-state index >= 15 is 0 Å². The molecule has 0 rings (SSSR count). The zero-order valence-electron chi connectivity index (χ0n) is 12.0. The molecule has 0 radical (unpaired) electrons. The molecule has 5 nitrogen and oxygen atoms in total. The van der Waals surface area contributed by atoms with E-state index in [-0.39, 0.29) is 5.75 Å². The van der Waals surface area contributed by atoms with Crippen molar-refractivity contribution < 1.29 is 8.42 Å². The molecule has 0 aliphatic rings. The van der Waals surface area contributed by atoms with Crippen molar-refractivity contribution in [3.63, 3.8) is 0 Å². The first-order chi connectivity index (χ1) is 8.52. The van der Waals surface area contributed by atoms with E-state index in [0.717, 1.165) is 45.4 Å². The van der Waals surface area contributed by atoms with Crippen molar-refractivity contribution in [1.29, 1.82) is 0 Å². The lowest BCUT2D eigenvalue weighted by atomic mass is 10.3. The topological polar surface area (TPSA) is 61.4 Å². The van der Waals surface area contributed by atoms with Gasteiger partial charge in [0.15, 0.2) is 0 Å². The summed E-state index contributed by atoms with van der Waals surface area (Å²) in [5.41, 5.74) is 0. The van der Waals surface area contributed by atoms with Crippen molar-refractivity contribution in [1.82, 2.24) is 14.9 Å². The van der Waals surface area contributed by atoms with Crippen molar-refractivity contribution in [2.24, 2.45) is 0 Å². The molecular formula is C12H29N3O2S. The first-order valence-electron chi connectivity index (χ1n) is 6.88. The first kappa shape index (κ1) is 17.8. The summed E-state index contributed by atoms with van der Waals surface area (Å²) >= 11 is 0. The summed E-state index contributed by atoms with van der Waals surface area (Å²) in [4.78, 5) is 2.08. The minimum Gasteiger partial charge on any atom is -0.317 e. The second-order valence-electron chi connectivity index (χ2n) is 4.57. The van der Waals surface area contributed by atoms with Gasteiger partial charge in [-0.1, -0.05) is 13.8 Å². The Hall–Kier alpha value is -0.170. The highest BCUT2D eigenvalue weighted by molar-refractivity contribution is 7.89. The number of rotatable bonds is 12. The van der Waals surface area contributed by atoms with Crippen LogP contribution >= 0.6 is 0 Å². The van der Waals surface area contributed by atoms with Crippen molar-refractivity contribution >= 4 is 10.0 Å². The maximum atomic E-state index is 11.6. The zero-order valence-corrected chi connectivity index (χ0v) is 12.9. The lowest BCUT2D eigenvalue weighted by molar-refractivity contribution is 0.358. The Labute approximate surface area is 112 Å². The van der Waals surface area contributed by atoms with E-state index in [1.54, 1.807) is 0 Å². The summed E-state index contributed by atoms with van der Waals surface area (Å²) in [5.74, 6) is 0.233. The predicted octanol–water partition coefficient (Wildman–Crippen LogP) is 0.637. The minimum atomic E-state index is -3.08. The summed E-state index contributed by atoms with van der Waals surface area (Å²) in [6.45, 7) is 8.28. The molecule has 0 unspecified atom stereocenters. The molecule has 2 N–H and O–H groups in total. The fourth-order valence-corrected chi connectivity index (χ4v) is 2.60. The normalized spacial score (nSPS) is 12.2. The van der Waals surface area contributed by atoms with E-state index < -0.39 is 10.0 Å². The summed E-state index contributed by atoms with van der Waals surface area (Å²) < 4.78 is 25.9. The molecule has 0 aliphatic carbocycles. The molecular weight excluding hydrogens is 250 g/mol. The van der Waals surface area contributed by atoms with Gasteiger partial charge in [0, 0.05) is 13.1 Å². The van der Waals surface area contributed by atoms with Crippen LogP contribution in [0.3, 0.4) is 0 Å². The SMILES string of the molecule is CCCNCCCCS(=O)(=O)NCCN(C)CC. The Bertz CT molecular complexity index is 281. The van der Waals surface area contributed by atoms with Gasteiger partial charge in [0.25, 0.3) is 0 Å². The molecule has 0 heterocycles. The Morgan fingerprint density at radius 1 is 1.06 bits per heavy atom. The smallest absolute Gasteiger partial charge is 0.211 e. The molecule has 0 saturated heterocycles. The first-order valence-corrected chi connectivity index (χ1v) is 8.53. The Morgan fingerprint density at radius 3 is 2.39 bits per heavy atom. The fraction of sp³-hybridized carbons (Fsp3) is 1.00. The molecule has 0 aromatic carbocycles. The molecule has 0 aromatic heterocycles. The van der Waals surface area contributed by atoms with Crippen LogP contribution in [0, 0.1) is 0 Å². The molecule has 0 amide bonds. The molecule has 18 heavy (non-hydrogen) atoms. The number of nitrogens with zero attached hydrogens (tertiary/aromatic N) is 1. The Kier molecular flexibility index (Phi) is 10.6. The summed E-state index contributed by atoms with van der Waals surface area (Å²) in [6, 6.07) is 0. The van der Waals surface area contributed by atoms with E-state index in [9.17, 15) is 8.42 Å². The average Bonchev–Trinajstić information content (AvgIpc) is 2.33. The molecule has 0 bridgehead atoms. The Morgan fingerprint density at radius 2 is 1.78 bits per heavy atom. The molecule has 0 saturated carbocycles. The highest BCUT2D eigenvalue weighted by atomic mass is 32.2. The fourth-order valence-electron chi connectivity index (χ4n) is 1.47. The van der Waals surface area contributed by atoms with Crippen LogP contribution < -0.4 is 10.0 Å². The van der Waals surface area contributed by atoms with Crippen LogP contribution in [0.1, 0.15) is 33.1 Å². The summed E-state index contributed by atoms with van der Waals surface area (Å²) in [5, 5.41) is 3.27. The van der Waals surface area contributed by atoms with Crippen LogP contribution in [-0.2, 0) is 10.0 Å². The molecule has 6 heteroatoms. The molecule has 0 atom stereocenters. The quantitative estimate of drug-likeness (QED) is 0.515. The number of hydrogen-bond donors (Lipinski definition) is 2. The highest BCUT2D eigenvalue weighted by Gasteiger charge is 2.08. The van der Waals surface area contributed by atoms with Gasteiger partial charge in [0.1, 0.15) is 0 Å². The van der Waals surface area contributed by atoms with Crippen LogP contribution in [0.15, 0.2) is 0 Å². The maximum absolute atomic E-state index is 11.6. The van der Waals surface area contributed by atoms with E-state index in [4.69, 9.17) is 0 Å². The van der Waals surface area contributed by atoms with Gasteiger partial charge in [-0.3, -0.25) is 0 Å². The van der Waals surface area contributed by atoms with Crippen LogP contribution in [0.5, 0.6) is 0 Å². The third-order valence-electron chi connectivity index (χ3n) is 2.80. The van der Waals surface area contributed by atoms with Gasteiger partial charge >= 0.3 is 0 Å². The molecule has 0 aromatic rings. The standard InChI is InChI=1S/C12H29N3O2S/c1-4-8-13-9-6-7-12-18(16,17)14-10-11-15(3)5-2/h13-14H,4-12H2,1-3H3. The van der Waals surface area contributed by atoms with Crippen LogP contribution in [0.4, 0.5) is 0 Å². The van der Waals surface area contributed by atoms with E-state index in [1.807, 2.05) is 7.05 Å². The van der Waals surface area contributed by atoms with E-state index in [1.165, 1.54) is 0 Å². The van der Waals surface area contributed by atoms with Crippen molar-refractivity contribution in [3.8, 4) is 0 Å². The number of hydrogen-bond acceptors (Lipinski definition) is 4. The lowest BCUT2D eigenvalue weighted by Gasteiger charge is -2.14. The maximum Gasteiger partial charge on any atom is 0.211 e. The van der Waals surface area contributed by atoms with Crippen LogP contribution in [-0.4, -0.2) is 58.8 Å². The van der Waals surface area contributed by atoms with Gasteiger partial charge in [-0.15, -0.1) is 0 Å². The lowest BCUT2D eigenvalue weighted by Crippen LogP contribution is -2.34. The van der Waals surface area contributed by atoms with E-state index in [0.29, 0.717) is 6.54 Å². The van der Waals surface area contributed by atoms with E-state index in [2.05, 4.69) is 28.8 Å². The van der Waals surface area contributed by atoms with Gasteiger partial charge in [-0.05, 0) is 45.9 Å². The zero-order chi connectivity index (χ0) is 13.9. The van der Waals surface area contributed by atoms with Gasteiger partial charge in [0.05, 0.1) is 5.75 Å². The molecule has 0 spiro atoms. The molecule has 110 valence electrons. The number of likely N-dealkylation sites (N-methyl/N-ethyl adjacent to an activating group) is 1. The summed E-state index contributed by atoms with van der Waals surface area (Å²) in [7, 11) is -1.10. The van der Waals surface area contributed by atoms with Crippen molar-refractivity contribution in [2.75, 3.05) is 45.5 Å². The second-order valence-corrected chi connectivity index (χ2v) is 6.49. The predicted molar refractivity (Wildman–Crippen MR) is 77.4 cm³/mol. The van der Waals surface area contributed by atoms with Gasteiger partial charge in [-0.25, -0.2) is 13.1 Å². The minimum absolute atomic E-state index is 0.233. The third kappa shape index (κ3) is 11.0. The molecule has 0 fully saturated rings. The van der Waals surface area contributed by atoms with Gasteiger partial charge in [-0.2, -0.15) is 0 Å². The number of unbranched alkanes of at least 4 members (excludes halogenated alkanes) is 1. The molecule has 0 aliphatic heterocycles. The van der Waals surface area contributed by atoms with Gasteiger partial charge in [0.2, 0.25) is 10.0 Å². The van der Waals surface area contributed by atoms with Gasteiger partial charge < -0.3 is 10.2 Å². The second kappa shape index (κ2) is 10.7. The van der Waals surface area contributed by atoms with Crippen LogP contribution in [0.25, 0.3) is 0 Å². The Balaban J connectivity index is 3.55. The number of nitrogens with one attached hydrogen (secondary N) is 2. The summed E-state index contributed by atoms with van der Waals surface area (Å²) in [6.07, 6.45) is 2.75. The monoisotopic (exact) mass is 279 g/mol. The highest BCUT2D eigenvalue weighted by Crippen LogP contribution is 1.94. The third-order valence-corrected chi connectivity index (χ3v) is 4.27.